The molecular formula is C19H19N3O3. The predicted molar refractivity (Wildman–Crippen MR) is 94.1 cm³/mol. The number of carbonyl (C=O) groups excluding carboxylic acids is 2. The number of amides is 2. The van der Waals surface area contributed by atoms with Gasteiger partial charge in [-0.25, -0.2) is 0 Å². The third kappa shape index (κ3) is 5.66. The topological polar surface area (TPSA) is 91.2 Å². The summed E-state index contributed by atoms with van der Waals surface area (Å²) < 4.78 is 5.30. The number of nitriles is 1. The Labute approximate surface area is 146 Å². The van der Waals surface area contributed by atoms with Crippen molar-refractivity contribution in [1.29, 1.82) is 5.26 Å². The third-order valence-corrected chi connectivity index (χ3v) is 3.47. The second-order valence-corrected chi connectivity index (χ2v) is 5.26. The number of hydrogen-bond donors (Lipinski definition) is 2. The quantitative estimate of drug-likeness (QED) is 0.811. The van der Waals surface area contributed by atoms with Crippen molar-refractivity contribution in [3.8, 4) is 11.8 Å². The van der Waals surface area contributed by atoms with Gasteiger partial charge < -0.3 is 15.4 Å². The van der Waals surface area contributed by atoms with E-state index in [1.807, 2.05) is 37.3 Å². The van der Waals surface area contributed by atoms with Gasteiger partial charge in [0.15, 0.2) is 6.61 Å². The Bertz CT molecular complexity index is 779. The Kier molecular flexibility index (Phi) is 6.55. The highest BCUT2D eigenvalue weighted by molar-refractivity contribution is 5.95. The molecule has 0 saturated carbocycles. The molecule has 0 unspecified atom stereocenters. The summed E-state index contributed by atoms with van der Waals surface area (Å²) in [5.41, 5.74) is 2.30. The number of carbonyl (C=O) groups is 2. The molecule has 2 N–H and O–H groups in total. The van der Waals surface area contributed by atoms with Crippen LogP contribution in [0.15, 0.2) is 48.5 Å². The number of aryl methyl sites for hydroxylation is 1. The molecule has 128 valence electrons. The lowest BCUT2D eigenvalue weighted by Gasteiger charge is -2.10. The molecule has 0 aromatic heterocycles. The van der Waals surface area contributed by atoms with Crippen molar-refractivity contribution in [2.45, 2.75) is 13.3 Å². The van der Waals surface area contributed by atoms with E-state index in [9.17, 15) is 9.59 Å². The van der Waals surface area contributed by atoms with E-state index in [2.05, 4.69) is 10.6 Å². The molecule has 0 fully saturated rings. The molecule has 0 aliphatic heterocycles. The lowest BCUT2D eigenvalue weighted by atomic mass is 10.1. The van der Waals surface area contributed by atoms with Crippen LogP contribution in [0.4, 0.5) is 5.69 Å². The Morgan fingerprint density at radius 2 is 1.80 bits per heavy atom. The van der Waals surface area contributed by atoms with Crippen LogP contribution in [-0.4, -0.2) is 25.0 Å². The summed E-state index contributed by atoms with van der Waals surface area (Å²) in [6.07, 6.45) is 0.807. The number of ether oxygens (including phenoxy) is 1. The van der Waals surface area contributed by atoms with Crippen LogP contribution < -0.4 is 15.4 Å². The average Bonchev–Trinajstić information content (AvgIpc) is 2.65. The van der Waals surface area contributed by atoms with E-state index in [1.54, 1.807) is 24.3 Å². The summed E-state index contributed by atoms with van der Waals surface area (Å²) in [6, 6.07) is 16.0. The van der Waals surface area contributed by atoms with E-state index in [0.717, 1.165) is 17.7 Å². The van der Waals surface area contributed by atoms with E-state index in [-0.39, 0.29) is 19.1 Å². The SMILES string of the molecule is CCc1ccccc1NC(=O)CNC(=O)COc1ccc(C#N)cc1. The van der Waals surface area contributed by atoms with Crippen molar-refractivity contribution in [3.05, 3.63) is 59.7 Å². The predicted octanol–water partition coefficient (Wildman–Crippen LogP) is 2.25. The summed E-state index contributed by atoms with van der Waals surface area (Å²) in [6.45, 7) is 1.67. The van der Waals surface area contributed by atoms with Gasteiger partial charge in [0.25, 0.3) is 5.91 Å². The zero-order valence-corrected chi connectivity index (χ0v) is 13.9. The van der Waals surface area contributed by atoms with Gasteiger partial charge in [0, 0.05) is 5.69 Å². The Morgan fingerprint density at radius 1 is 1.08 bits per heavy atom. The first-order valence-electron chi connectivity index (χ1n) is 7.89. The highest BCUT2D eigenvalue weighted by atomic mass is 16.5. The fourth-order valence-electron chi connectivity index (χ4n) is 2.15. The fourth-order valence-corrected chi connectivity index (χ4v) is 2.15. The van der Waals surface area contributed by atoms with Gasteiger partial charge in [-0.2, -0.15) is 5.26 Å². The van der Waals surface area contributed by atoms with E-state index in [0.29, 0.717) is 11.3 Å². The Morgan fingerprint density at radius 3 is 2.48 bits per heavy atom. The first kappa shape index (κ1) is 18.0. The van der Waals surface area contributed by atoms with Crippen molar-refractivity contribution in [2.24, 2.45) is 0 Å². The van der Waals surface area contributed by atoms with Crippen molar-refractivity contribution in [1.82, 2.24) is 5.32 Å². The normalized spacial score (nSPS) is 9.76. The van der Waals surface area contributed by atoms with Crippen LogP contribution in [0.1, 0.15) is 18.1 Å². The minimum Gasteiger partial charge on any atom is -0.484 e. The van der Waals surface area contributed by atoms with Gasteiger partial charge in [-0.1, -0.05) is 25.1 Å². The van der Waals surface area contributed by atoms with Crippen LogP contribution >= 0.6 is 0 Å². The molecule has 0 bridgehead atoms. The van der Waals surface area contributed by atoms with Crippen LogP contribution in [0.2, 0.25) is 0 Å². The van der Waals surface area contributed by atoms with E-state index >= 15 is 0 Å². The van der Waals surface area contributed by atoms with Gasteiger partial charge in [-0.05, 0) is 42.3 Å². The highest BCUT2D eigenvalue weighted by Crippen LogP contribution is 2.15. The second kappa shape index (κ2) is 9.08. The molecule has 0 aliphatic carbocycles. The molecule has 6 nitrogen and oxygen atoms in total. The first-order chi connectivity index (χ1) is 12.1. The summed E-state index contributed by atoms with van der Waals surface area (Å²) >= 11 is 0. The molecule has 2 amide bonds. The lowest BCUT2D eigenvalue weighted by Crippen LogP contribution is -2.35. The van der Waals surface area contributed by atoms with Crippen molar-refractivity contribution in [2.75, 3.05) is 18.5 Å². The number of rotatable bonds is 7. The fraction of sp³-hybridized carbons (Fsp3) is 0.211. The molecule has 6 heteroatoms. The molecule has 0 atom stereocenters. The standard InChI is InChI=1S/C19H19N3O3/c1-2-15-5-3-4-6-17(15)22-18(23)12-21-19(24)13-25-16-9-7-14(11-20)8-10-16/h3-10H,2,12-13H2,1H3,(H,21,24)(H,22,23). The zero-order chi connectivity index (χ0) is 18.1. The Balaban J connectivity index is 1.75. The number of benzene rings is 2. The minimum absolute atomic E-state index is 0.131. The molecular weight excluding hydrogens is 318 g/mol. The number of nitrogens with one attached hydrogen (secondary N) is 2. The van der Waals surface area contributed by atoms with Gasteiger partial charge in [-0.15, -0.1) is 0 Å². The highest BCUT2D eigenvalue weighted by Gasteiger charge is 2.08. The van der Waals surface area contributed by atoms with Gasteiger partial charge >= 0.3 is 0 Å². The van der Waals surface area contributed by atoms with Crippen molar-refractivity contribution < 1.29 is 14.3 Å². The number of nitrogens with zero attached hydrogens (tertiary/aromatic N) is 1. The Hall–Kier alpha value is -3.33. The summed E-state index contributed by atoms with van der Waals surface area (Å²) in [5, 5.41) is 14.0. The van der Waals surface area contributed by atoms with Crippen LogP contribution in [0.3, 0.4) is 0 Å². The summed E-state index contributed by atoms with van der Waals surface area (Å²) in [4.78, 5) is 23.7. The van der Waals surface area contributed by atoms with Crippen LogP contribution in [0.25, 0.3) is 0 Å². The zero-order valence-electron chi connectivity index (χ0n) is 13.9. The molecule has 0 saturated heterocycles. The average molecular weight is 337 g/mol. The maximum Gasteiger partial charge on any atom is 0.258 e. The van der Waals surface area contributed by atoms with Gasteiger partial charge in [-0.3, -0.25) is 9.59 Å². The smallest absolute Gasteiger partial charge is 0.258 e. The molecule has 0 heterocycles. The van der Waals surface area contributed by atoms with Crippen LogP contribution in [0.5, 0.6) is 5.75 Å². The molecule has 0 spiro atoms. The summed E-state index contributed by atoms with van der Waals surface area (Å²) in [5.74, 6) is -0.216. The summed E-state index contributed by atoms with van der Waals surface area (Å²) in [7, 11) is 0. The maximum absolute atomic E-state index is 11.9. The molecule has 2 aromatic carbocycles. The molecule has 0 aliphatic rings. The number of anilines is 1. The van der Waals surface area contributed by atoms with Gasteiger partial charge in [0.1, 0.15) is 5.75 Å². The van der Waals surface area contributed by atoms with Crippen molar-refractivity contribution >= 4 is 17.5 Å². The van der Waals surface area contributed by atoms with E-state index in [1.165, 1.54) is 0 Å². The lowest BCUT2D eigenvalue weighted by molar-refractivity contribution is -0.125. The second-order valence-electron chi connectivity index (χ2n) is 5.26. The minimum atomic E-state index is -0.400. The molecule has 25 heavy (non-hydrogen) atoms. The number of para-hydroxylation sites is 1. The monoisotopic (exact) mass is 337 g/mol. The third-order valence-electron chi connectivity index (χ3n) is 3.47. The van der Waals surface area contributed by atoms with Crippen LogP contribution in [0, 0.1) is 11.3 Å². The molecule has 2 aromatic rings. The van der Waals surface area contributed by atoms with E-state index in [4.69, 9.17) is 10.00 Å². The van der Waals surface area contributed by atoms with Crippen LogP contribution in [-0.2, 0) is 16.0 Å². The van der Waals surface area contributed by atoms with Gasteiger partial charge in [0.2, 0.25) is 5.91 Å². The van der Waals surface area contributed by atoms with Gasteiger partial charge in [0.05, 0.1) is 18.2 Å². The number of hydrogen-bond acceptors (Lipinski definition) is 4. The van der Waals surface area contributed by atoms with E-state index < -0.39 is 5.91 Å². The molecule has 0 radical (unpaired) electrons. The van der Waals surface area contributed by atoms with Crippen molar-refractivity contribution in [3.63, 3.8) is 0 Å². The first-order valence-corrected chi connectivity index (χ1v) is 7.89. The largest absolute Gasteiger partial charge is 0.484 e. The molecule has 2 rings (SSSR count). The maximum atomic E-state index is 11.9.